The van der Waals surface area contributed by atoms with E-state index in [1.807, 2.05) is 0 Å². The SMILES string of the molecule is C=C(C)c1c(F)cc(Cl)cc1F. The Morgan fingerprint density at radius 3 is 2.08 bits per heavy atom. The number of hydrogen-bond donors (Lipinski definition) is 0. The van der Waals surface area contributed by atoms with Crippen LogP contribution in [0, 0.1) is 11.6 Å². The van der Waals surface area contributed by atoms with E-state index in [0.29, 0.717) is 5.57 Å². The van der Waals surface area contributed by atoms with Crippen molar-refractivity contribution in [3.8, 4) is 0 Å². The van der Waals surface area contributed by atoms with Crippen molar-refractivity contribution < 1.29 is 8.78 Å². The van der Waals surface area contributed by atoms with E-state index in [1.54, 1.807) is 0 Å². The molecule has 0 spiro atoms. The predicted molar refractivity (Wildman–Crippen MR) is 46.1 cm³/mol. The van der Waals surface area contributed by atoms with Crippen LogP contribution in [0.4, 0.5) is 8.78 Å². The van der Waals surface area contributed by atoms with Crippen molar-refractivity contribution in [3.05, 3.63) is 40.9 Å². The van der Waals surface area contributed by atoms with Gasteiger partial charge < -0.3 is 0 Å². The molecule has 0 heterocycles. The van der Waals surface area contributed by atoms with Gasteiger partial charge >= 0.3 is 0 Å². The van der Waals surface area contributed by atoms with Crippen molar-refractivity contribution in [3.63, 3.8) is 0 Å². The van der Waals surface area contributed by atoms with Gasteiger partial charge in [-0.1, -0.05) is 18.2 Å². The van der Waals surface area contributed by atoms with Gasteiger partial charge in [-0.25, -0.2) is 8.78 Å². The van der Waals surface area contributed by atoms with Gasteiger partial charge in [0.15, 0.2) is 0 Å². The summed E-state index contributed by atoms with van der Waals surface area (Å²) in [6.45, 7) is 4.99. The second-order valence-electron chi connectivity index (χ2n) is 2.52. The van der Waals surface area contributed by atoms with E-state index in [2.05, 4.69) is 6.58 Å². The van der Waals surface area contributed by atoms with E-state index in [4.69, 9.17) is 11.6 Å². The van der Waals surface area contributed by atoms with Crippen molar-refractivity contribution >= 4 is 17.2 Å². The molecule has 0 fully saturated rings. The minimum atomic E-state index is -0.674. The molecule has 12 heavy (non-hydrogen) atoms. The number of allylic oxidation sites excluding steroid dienone is 1. The van der Waals surface area contributed by atoms with Crippen LogP contribution in [0.25, 0.3) is 5.57 Å². The third kappa shape index (κ3) is 1.64. The van der Waals surface area contributed by atoms with E-state index < -0.39 is 11.6 Å². The first kappa shape index (κ1) is 9.20. The quantitative estimate of drug-likeness (QED) is 0.631. The Balaban J connectivity index is 3.38. The van der Waals surface area contributed by atoms with E-state index in [0.717, 1.165) is 12.1 Å². The monoisotopic (exact) mass is 188 g/mol. The highest BCUT2D eigenvalue weighted by molar-refractivity contribution is 6.30. The molecule has 0 saturated heterocycles. The second-order valence-corrected chi connectivity index (χ2v) is 2.96. The van der Waals surface area contributed by atoms with Crippen molar-refractivity contribution in [1.82, 2.24) is 0 Å². The first-order valence-electron chi connectivity index (χ1n) is 3.33. The molecule has 64 valence electrons. The van der Waals surface area contributed by atoms with Crippen LogP contribution in [0.15, 0.2) is 18.7 Å². The maximum Gasteiger partial charge on any atom is 0.135 e. The van der Waals surface area contributed by atoms with Crippen LogP contribution < -0.4 is 0 Å². The number of halogens is 3. The molecule has 0 aliphatic rings. The lowest BCUT2D eigenvalue weighted by Gasteiger charge is -2.03. The lowest BCUT2D eigenvalue weighted by Crippen LogP contribution is -1.91. The van der Waals surface area contributed by atoms with Gasteiger partial charge in [0, 0.05) is 10.6 Å². The molecular weight excluding hydrogens is 182 g/mol. The zero-order valence-electron chi connectivity index (χ0n) is 6.50. The smallest absolute Gasteiger partial charge is 0.135 e. The molecule has 1 aromatic rings. The Morgan fingerprint density at radius 1 is 1.33 bits per heavy atom. The third-order valence-corrected chi connectivity index (χ3v) is 1.65. The van der Waals surface area contributed by atoms with Gasteiger partial charge in [-0.3, -0.25) is 0 Å². The lowest BCUT2D eigenvalue weighted by molar-refractivity contribution is 0.577. The zero-order valence-corrected chi connectivity index (χ0v) is 7.25. The van der Waals surface area contributed by atoms with Crippen LogP contribution in [0.3, 0.4) is 0 Å². The van der Waals surface area contributed by atoms with Gasteiger partial charge in [-0.15, -0.1) is 0 Å². The molecular formula is C9H7ClF2. The van der Waals surface area contributed by atoms with Crippen molar-refractivity contribution in [2.45, 2.75) is 6.92 Å². The average Bonchev–Trinajstić information content (AvgIpc) is 1.82. The number of rotatable bonds is 1. The molecule has 0 saturated carbocycles. The second kappa shape index (κ2) is 3.23. The predicted octanol–water partition coefficient (Wildman–Crippen LogP) is 3.65. The Kier molecular flexibility index (Phi) is 2.48. The van der Waals surface area contributed by atoms with Gasteiger partial charge in [0.1, 0.15) is 11.6 Å². The van der Waals surface area contributed by atoms with Gasteiger partial charge in [0.25, 0.3) is 0 Å². The molecule has 0 amide bonds. The molecule has 1 aromatic carbocycles. The fourth-order valence-corrected chi connectivity index (χ4v) is 1.14. The van der Waals surface area contributed by atoms with Crippen LogP contribution in [0.2, 0.25) is 5.02 Å². The Bertz CT molecular complexity index is 308. The standard InChI is InChI=1S/C9H7ClF2/c1-5(2)9-7(11)3-6(10)4-8(9)12/h3-4H,1H2,2H3. The first-order valence-corrected chi connectivity index (χ1v) is 3.70. The minimum Gasteiger partial charge on any atom is -0.206 e. The van der Waals surface area contributed by atoms with Crippen LogP contribution >= 0.6 is 11.6 Å². The highest BCUT2D eigenvalue weighted by Crippen LogP contribution is 2.23. The molecule has 0 radical (unpaired) electrons. The summed E-state index contributed by atoms with van der Waals surface area (Å²) in [6, 6.07) is 2.13. The Hall–Kier alpha value is -0.890. The Morgan fingerprint density at radius 2 is 1.75 bits per heavy atom. The van der Waals surface area contributed by atoms with Crippen LogP contribution in [-0.2, 0) is 0 Å². The summed E-state index contributed by atoms with van der Waals surface area (Å²) in [4.78, 5) is 0. The summed E-state index contributed by atoms with van der Waals surface area (Å²) < 4.78 is 26.0. The van der Waals surface area contributed by atoms with E-state index >= 15 is 0 Å². The van der Waals surface area contributed by atoms with E-state index in [-0.39, 0.29) is 10.6 Å². The highest BCUT2D eigenvalue weighted by atomic mass is 35.5. The van der Waals surface area contributed by atoms with Crippen molar-refractivity contribution in [2.24, 2.45) is 0 Å². The fourth-order valence-electron chi connectivity index (χ4n) is 0.950. The maximum absolute atomic E-state index is 13.0. The largest absolute Gasteiger partial charge is 0.206 e. The van der Waals surface area contributed by atoms with Crippen LogP contribution in [-0.4, -0.2) is 0 Å². The summed E-state index contributed by atoms with van der Waals surface area (Å²) >= 11 is 5.42. The molecule has 0 nitrogen and oxygen atoms in total. The Labute approximate surface area is 74.5 Å². The molecule has 0 aliphatic heterocycles. The van der Waals surface area contributed by atoms with Gasteiger partial charge in [-0.2, -0.15) is 0 Å². The molecule has 0 bridgehead atoms. The summed E-state index contributed by atoms with van der Waals surface area (Å²) in [5.41, 5.74) is 0.251. The third-order valence-electron chi connectivity index (χ3n) is 1.43. The maximum atomic E-state index is 13.0. The molecule has 1 rings (SSSR count). The van der Waals surface area contributed by atoms with E-state index in [1.165, 1.54) is 6.92 Å². The normalized spacial score (nSPS) is 10.0. The summed E-state index contributed by atoms with van der Waals surface area (Å²) in [6.07, 6.45) is 0. The summed E-state index contributed by atoms with van der Waals surface area (Å²) in [5.74, 6) is -1.35. The van der Waals surface area contributed by atoms with Crippen LogP contribution in [0.5, 0.6) is 0 Å². The molecule has 3 heteroatoms. The summed E-state index contributed by atoms with van der Waals surface area (Å²) in [7, 11) is 0. The highest BCUT2D eigenvalue weighted by Gasteiger charge is 2.10. The molecule has 0 unspecified atom stereocenters. The minimum absolute atomic E-state index is 0.0509. The lowest BCUT2D eigenvalue weighted by atomic mass is 10.1. The average molecular weight is 189 g/mol. The van der Waals surface area contributed by atoms with Gasteiger partial charge in [0.05, 0.1) is 0 Å². The first-order chi connectivity index (χ1) is 5.52. The fraction of sp³-hybridized carbons (Fsp3) is 0.111. The molecule has 0 atom stereocenters. The zero-order chi connectivity index (χ0) is 9.30. The van der Waals surface area contributed by atoms with Crippen molar-refractivity contribution in [2.75, 3.05) is 0 Å². The van der Waals surface area contributed by atoms with Gasteiger partial charge in [-0.05, 0) is 24.6 Å². The van der Waals surface area contributed by atoms with Gasteiger partial charge in [0.2, 0.25) is 0 Å². The van der Waals surface area contributed by atoms with Crippen LogP contribution in [0.1, 0.15) is 12.5 Å². The topological polar surface area (TPSA) is 0 Å². The number of benzene rings is 1. The number of hydrogen-bond acceptors (Lipinski definition) is 0. The van der Waals surface area contributed by atoms with E-state index in [9.17, 15) is 8.78 Å². The molecule has 0 aliphatic carbocycles. The van der Waals surface area contributed by atoms with Crippen molar-refractivity contribution in [1.29, 1.82) is 0 Å². The summed E-state index contributed by atoms with van der Waals surface area (Å²) in [5, 5.41) is 0.0509. The molecule has 0 aromatic heterocycles. The molecule has 0 N–H and O–H groups in total.